The Morgan fingerprint density at radius 3 is 2.53 bits per heavy atom. The van der Waals surface area contributed by atoms with Gasteiger partial charge < -0.3 is 20.5 Å². The van der Waals surface area contributed by atoms with E-state index < -0.39 is 30.8 Å². The monoisotopic (exact) mass is 286 g/mol. The van der Waals surface area contributed by atoms with Gasteiger partial charge in [-0.05, 0) is 13.3 Å². The molecule has 1 unspecified atom stereocenters. The Morgan fingerprint density at radius 1 is 1.37 bits per heavy atom. The van der Waals surface area contributed by atoms with Gasteiger partial charge in [-0.25, -0.2) is 4.79 Å². The molecule has 9 heteroatoms. The lowest BCUT2D eigenvalue weighted by Crippen LogP contribution is -2.43. The van der Waals surface area contributed by atoms with Crippen molar-refractivity contribution in [2.75, 3.05) is 19.8 Å². The predicted molar refractivity (Wildman–Crippen MR) is 59.7 cm³/mol. The van der Waals surface area contributed by atoms with E-state index in [1.165, 1.54) is 6.92 Å². The molecule has 6 nitrogen and oxygen atoms in total. The van der Waals surface area contributed by atoms with E-state index in [0.717, 1.165) is 0 Å². The minimum atomic E-state index is -4.39. The molecule has 0 bridgehead atoms. The van der Waals surface area contributed by atoms with Gasteiger partial charge in [-0.15, -0.1) is 0 Å². The van der Waals surface area contributed by atoms with E-state index in [9.17, 15) is 22.8 Å². The lowest BCUT2D eigenvalue weighted by molar-refractivity contribution is -0.174. The maximum Gasteiger partial charge on any atom is 0.411 e. The number of amides is 2. The minimum Gasteiger partial charge on any atom is -0.481 e. The van der Waals surface area contributed by atoms with Gasteiger partial charge in [0.2, 0.25) is 0 Å². The molecule has 0 aliphatic carbocycles. The molecule has 0 aliphatic rings. The second-order valence-corrected chi connectivity index (χ2v) is 3.93. The Balaban J connectivity index is 3.61. The summed E-state index contributed by atoms with van der Waals surface area (Å²) in [5, 5.41) is 13.1. The number of halogens is 3. The van der Waals surface area contributed by atoms with Crippen molar-refractivity contribution in [3.63, 3.8) is 0 Å². The molecule has 0 saturated heterocycles. The minimum absolute atomic E-state index is 0.0650. The van der Waals surface area contributed by atoms with Crippen LogP contribution >= 0.6 is 0 Å². The molecule has 0 aromatic rings. The Kier molecular flexibility index (Phi) is 7.89. The highest BCUT2D eigenvalue weighted by Crippen LogP contribution is 2.14. The van der Waals surface area contributed by atoms with Crippen LogP contribution in [0.5, 0.6) is 0 Å². The highest BCUT2D eigenvalue weighted by atomic mass is 19.4. The summed E-state index contributed by atoms with van der Waals surface area (Å²) in [5.74, 6) is -0.962. The molecular formula is C10H17F3N2O4. The van der Waals surface area contributed by atoms with Crippen molar-refractivity contribution in [1.29, 1.82) is 0 Å². The Hall–Kier alpha value is -1.51. The first-order valence-electron chi connectivity index (χ1n) is 5.61. The average Bonchev–Trinajstić information content (AvgIpc) is 2.22. The molecule has 0 saturated carbocycles. The zero-order valence-corrected chi connectivity index (χ0v) is 10.4. The Bertz CT molecular complexity index is 297. The molecule has 0 spiro atoms. The summed E-state index contributed by atoms with van der Waals surface area (Å²) >= 11 is 0. The molecule has 3 N–H and O–H groups in total. The molecule has 0 radical (unpaired) electrons. The van der Waals surface area contributed by atoms with E-state index >= 15 is 0 Å². The van der Waals surface area contributed by atoms with E-state index in [1.807, 2.05) is 0 Å². The number of alkyl halides is 3. The number of nitrogens with one attached hydrogen (secondary N) is 2. The van der Waals surface area contributed by atoms with Gasteiger partial charge in [0.25, 0.3) is 0 Å². The molecule has 0 aromatic carbocycles. The van der Waals surface area contributed by atoms with Crippen molar-refractivity contribution < 1.29 is 32.6 Å². The standard InChI is InChI=1S/C10H17F3N2O4/c1-7(5-19-6-10(11,12)13)15-9(18)14-4-2-3-8(16)17/h7H,2-6H2,1H3,(H,16,17)(H2,14,15,18). The quantitative estimate of drug-likeness (QED) is 0.583. The van der Waals surface area contributed by atoms with Crippen LogP contribution in [0.25, 0.3) is 0 Å². The van der Waals surface area contributed by atoms with Crippen LogP contribution < -0.4 is 10.6 Å². The molecule has 0 rings (SSSR count). The molecule has 0 aliphatic heterocycles. The van der Waals surface area contributed by atoms with Gasteiger partial charge in [-0.2, -0.15) is 13.2 Å². The second kappa shape index (κ2) is 8.57. The number of carbonyl (C=O) groups excluding carboxylic acids is 1. The topological polar surface area (TPSA) is 87.7 Å². The van der Waals surface area contributed by atoms with E-state index in [2.05, 4.69) is 15.4 Å². The van der Waals surface area contributed by atoms with Gasteiger partial charge in [0, 0.05) is 13.0 Å². The predicted octanol–water partition coefficient (Wildman–Crippen LogP) is 1.12. The van der Waals surface area contributed by atoms with E-state index in [1.54, 1.807) is 0 Å². The first-order chi connectivity index (χ1) is 8.70. The van der Waals surface area contributed by atoms with Gasteiger partial charge >= 0.3 is 18.2 Å². The summed E-state index contributed by atoms with van der Waals surface area (Å²) in [5.41, 5.74) is 0. The van der Waals surface area contributed by atoms with Crippen LogP contribution in [-0.2, 0) is 9.53 Å². The summed E-state index contributed by atoms with van der Waals surface area (Å²) in [4.78, 5) is 21.4. The number of hydrogen-bond acceptors (Lipinski definition) is 3. The zero-order chi connectivity index (χ0) is 14.9. The highest BCUT2D eigenvalue weighted by molar-refractivity contribution is 5.74. The first kappa shape index (κ1) is 17.5. The van der Waals surface area contributed by atoms with Crippen molar-refractivity contribution in [3.8, 4) is 0 Å². The fourth-order valence-corrected chi connectivity index (χ4v) is 1.11. The third kappa shape index (κ3) is 12.7. The number of ether oxygens (including phenoxy) is 1. The number of aliphatic carboxylic acids is 1. The van der Waals surface area contributed by atoms with E-state index in [-0.39, 0.29) is 26.0 Å². The van der Waals surface area contributed by atoms with Crippen molar-refractivity contribution in [2.45, 2.75) is 32.0 Å². The smallest absolute Gasteiger partial charge is 0.411 e. The normalized spacial score (nSPS) is 12.8. The average molecular weight is 286 g/mol. The molecule has 112 valence electrons. The molecule has 0 fully saturated rings. The number of hydrogen-bond donors (Lipinski definition) is 3. The fraction of sp³-hybridized carbons (Fsp3) is 0.800. The highest BCUT2D eigenvalue weighted by Gasteiger charge is 2.27. The van der Waals surface area contributed by atoms with Crippen LogP contribution in [0.15, 0.2) is 0 Å². The van der Waals surface area contributed by atoms with Gasteiger partial charge in [0.05, 0.1) is 12.6 Å². The van der Waals surface area contributed by atoms with Gasteiger partial charge in [0.1, 0.15) is 6.61 Å². The third-order valence-electron chi connectivity index (χ3n) is 1.86. The summed E-state index contributed by atoms with van der Waals surface area (Å²) in [7, 11) is 0. The lowest BCUT2D eigenvalue weighted by Gasteiger charge is -2.15. The van der Waals surface area contributed by atoms with Crippen LogP contribution in [0.4, 0.5) is 18.0 Å². The SMILES string of the molecule is CC(COCC(F)(F)F)NC(=O)NCCCC(=O)O. The summed E-state index contributed by atoms with van der Waals surface area (Å²) in [6, 6.07) is -1.16. The summed E-state index contributed by atoms with van der Waals surface area (Å²) < 4.78 is 39.7. The van der Waals surface area contributed by atoms with Crippen LogP contribution in [0, 0.1) is 0 Å². The van der Waals surface area contributed by atoms with Crippen molar-refractivity contribution in [3.05, 3.63) is 0 Å². The third-order valence-corrected chi connectivity index (χ3v) is 1.86. The molecule has 1 atom stereocenters. The Morgan fingerprint density at radius 2 is 2.00 bits per heavy atom. The molecule has 0 aromatic heterocycles. The molecule has 19 heavy (non-hydrogen) atoms. The maximum atomic E-state index is 11.8. The van der Waals surface area contributed by atoms with Crippen LogP contribution in [0.1, 0.15) is 19.8 Å². The second-order valence-electron chi connectivity index (χ2n) is 3.93. The molecular weight excluding hydrogens is 269 g/mol. The molecule has 0 heterocycles. The zero-order valence-electron chi connectivity index (χ0n) is 10.4. The van der Waals surface area contributed by atoms with Crippen molar-refractivity contribution in [2.24, 2.45) is 0 Å². The van der Waals surface area contributed by atoms with Crippen molar-refractivity contribution >= 4 is 12.0 Å². The van der Waals surface area contributed by atoms with Crippen LogP contribution in [-0.4, -0.2) is 49.1 Å². The van der Waals surface area contributed by atoms with Gasteiger partial charge in [0.15, 0.2) is 0 Å². The van der Waals surface area contributed by atoms with E-state index in [0.29, 0.717) is 0 Å². The maximum absolute atomic E-state index is 11.8. The van der Waals surface area contributed by atoms with Crippen LogP contribution in [0.3, 0.4) is 0 Å². The number of rotatable bonds is 8. The number of carboxylic acid groups (broad SMARTS) is 1. The van der Waals surface area contributed by atoms with Crippen molar-refractivity contribution in [1.82, 2.24) is 10.6 Å². The van der Waals surface area contributed by atoms with Gasteiger partial charge in [-0.3, -0.25) is 4.79 Å². The lowest BCUT2D eigenvalue weighted by atomic mass is 10.3. The van der Waals surface area contributed by atoms with Crippen LogP contribution in [0.2, 0.25) is 0 Å². The van der Waals surface area contributed by atoms with Gasteiger partial charge in [-0.1, -0.05) is 0 Å². The molecule has 2 amide bonds. The summed E-state index contributed by atoms with van der Waals surface area (Å²) in [6.45, 7) is 0.0444. The number of urea groups is 1. The Labute approximate surface area is 108 Å². The number of carboxylic acids is 1. The largest absolute Gasteiger partial charge is 0.481 e. The first-order valence-corrected chi connectivity index (χ1v) is 5.61. The number of carbonyl (C=O) groups is 2. The van der Waals surface area contributed by atoms with E-state index in [4.69, 9.17) is 5.11 Å². The fourth-order valence-electron chi connectivity index (χ4n) is 1.11. The summed E-state index contributed by atoms with van der Waals surface area (Å²) in [6.07, 6.45) is -4.18.